The van der Waals surface area contributed by atoms with Crippen molar-refractivity contribution in [3.05, 3.63) is 34.9 Å². The highest BCUT2D eigenvalue weighted by Gasteiger charge is 2.31. The Morgan fingerprint density at radius 3 is 3.00 bits per heavy atom. The van der Waals surface area contributed by atoms with Gasteiger partial charge < -0.3 is 14.6 Å². The predicted octanol–water partition coefficient (Wildman–Crippen LogP) is 1.71. The van der Waals surface area contributed by atoms with Gasteiger partial charge in [0.2, 0.25) is 0 Å². The lowest BCUT2D eigenvalue weighted by atomic mass is 10.1. The van der Waals surface area contributed by atoms with Crippen molar-refractivity contribution < 1.29 is 19.4 Å². The molecule has 1 saturated heterocycles. The van der Waals surface area contributed by atoms with Crippen LogP contribution in [0, 0.1) is 0 Å². The number of carbonyl (C=O) groups is 1. The molecule has 2 atom stereocenters. The molecule has 0 spiro atoms. The van der Waals surface area contributed by atoms with Crippen LogP contribution in [-0.4, -0.2) is 30.1 Å². The summed E-state index contributed by atoms with van der Waals surface area (Å²) >= 11 is 5.83. The molecule has 2 rings (SSSR count). The second kappa shape index (κ2) is 4.82. The van der Waals surface area contributed by atoms with Crippen LogP contribution >= 0.6 is 11.6 Å². The monoisotopic (exact) mass is 242 g/mol. The normalized spacial score (nSPS) is 24.6. The third-order valence-corrected chi connectivity index (χ3v) is 2.55. The molecule has 1 heterocycles. The zero-order chi connectivity index (χ0) is 11.5. The highest BCUT2D eigenvalue weighted by molar-refractivity contribution is 6.30. The number of hydrogen-bond acceptors (Lipinski definition) is 3. The first-order chi connectivity index (χ1) is 7.65. The Hall–Kier alpha value is -1.10. The van der Waals surface area contributed by atoms with E-state index in [1.807, 2.05) is 18.2 Å². The summed E-state index contributed by atoms with van der Waals surface area (Å²) in [7, 11) is 0. The Kier molecular flexibility index (Phi) is 3.43. The van der Waals surface area contributed by atoms with Crippen molar-refractivity contribution in [1.82, 2.24) is 0 Å². The van der Waals surface area contributed by atoms with E-state index in [9.17, 15) is 4.79 Å². The number of benzene rings is 1. The van der Waals surface area contributed by atoms with Crippen LogP contribution in [-0.2, 0) is 20.7 Å². The van der Waals surface area contributed by atoms with Gasteiger partial charge in [-0.3, -0.25) is 0 Å². The first-order valence-electron chi connectivity index (χ1n) is 4.89. The fraction of sp³-hybridized carbons (Fsp3) is 0.364. The Balaban J connectivity index is 1.94. The van der Waals surface area contributed by atoms with Crippen LogP contribution in [0.5, 0.6) is 0 Å². The minimum Gasteiger partial charge on any atom is -0.479 e. The quantitative estimate of drug-likeness (QED) is 0.877. The molecule has 1 fully saturated rings. The van der Waals surface area contributed by atoms with Gasteiger partial charge >= 0.3 is 5.97 Å². The molecule has 0 aromatic heterocycles. The molecule has 0 saturated carbocycles. The van der Waals surface area contributed by atoms with Gasteiger partial charge in [-0.15, -0.1) is 0 Å². The summed E-state index contributed by atoms with van der Waals surface area (Å²) in [5.41, 5.74) is 0.962. The Bertz CT molecular complexity index is 393. The number of halogens is 1. The molecule has 4 nitrogen and oxygen atoms in total. The Morgan fingerprint density at radius 1 is 1.56 bits per heavy atom. The molecule has 1 aliphatic rings. The van der Waals surface area contributed by atoms with E-state index in [2.05, 4.69) is 0 Å². The van der Waals surface area contributed by atoms with Crippen LogP contribution < -0.4 is 0 Å². The summed E-state index contributed by atoms with van der Waals surface area (Å²) in [5.74, 6) is -0.992. The van der Waals surface area contributed by atoms with Crippen LogP contribution in [0.25, 0.3) is 0 Å². The fourth-order valence-corrected chi connectivity index (χ4v) is 1.76. The number of hydrogen-bond donors (Lipinski definition) is 1. The molecule has 1 aromatic rings. The predicted molar refractivity (Wildman–Crippen MR) is 57.4 cm³/mol. The van der Waals surface area contributed by atoms with Gasteiger partial charge in [0.25, 0.3) is 0 Å². The highest BCUT2D eigenvalue weighted by atomic mass is 35.5. The third kappa shape index (κ3) is 2.72. The minimum absolute atomic E-state index is 0.0978. The van der Waals surface area contributed by atoms with Crippen LogP contribution in [0.1, 0.15) is 5.56 Å². The van der Waals surface area contributed by atoms with Crippen LogP contribution in [0.2, 0.25) is 5.02 Å². The zero-order valence-corrected chi connectivity index (χ0v) is 9.18. The van der Waals surface area contributed by atoms with Gasteiger partial charge in [0.15, 0.2) is 12.4 Å². The average molecular weight is 243 g/mol. The topological polar surface area (TPSA) is 55.8 Å². The highest BCUT2D eigenvalue weighted by Crippen LogP contribution is 2.18. The Labute approximate surface area is 97.7 Å². The lowest BCUT2D eigenvalue weighted by molar-refractivity contribution is -0.150. The van der Waals surface area contributed by atoms with E-state index in [0.717, 1.165) is 5.56 Å². The van der Waals surface area contributed by atoms with Crippen molar-refractivity contribution in [3.8, 4) is 0 Å². The third-order valence-electron chi connectivity index (χ3n) is 2.32. The van der Waals surface area contributed by atoms with E-state index in [4.69, 9.17) is 26.2 Å². The van der Waals surface area contributed by atoms with Gasteiger partial charge in [0, 0.05) is 11.4 Å². The van der Waals surface area contributed by atoms with Gasteiger partial charge in [0.05, 0.1) is 6.61 Å². The largest absolute Gasteiger partial charge is 0.479 e. The first kappa shape index (κ1) is 11.4. The molecular weight excluding hydrogens is 232 g/mol. The van der Waals surface area contributed by atoms with E-state index in [1.165, 1.54) is 0 Å². The number of carboxylic acid groups (broad SMARTS) is 1. The van der Waals surface area contributed by atoms with E-state index < -0.39 is 18.4 Å². The zero-order valence-electron chi connectivity index (χ0n) is 8.43. The van der Waals surface area contributed by atoms with E-state index in [-0.39, 0.29) is 6.61 Å². The van der Waals surface area contributed by atoms with Crippen molar-refractivity contribution in [3.63, 3.8) is 0 Å². The fourth-order valence-electron chi connectivity index (χ4n) is 1.55. The van der Waals surface area contributed by atoms with Gasteiger partial charge in [-0.1, -0.05) is 23.7 Å². The summed E-state index contributed by atoms with van der Waals surface area (Å²) in [5, 5.41) is 9.36. The summed E-state index contributed by atoms with van der Waals surface area (Å²) in [4.78, 5) is 10.6. The maximum absolute atomic E-state index is 10.6. The van der Waals surface area contributed by atoms with Gasteiger partial charge in [0.1, 0.15) is 0 Å². The van der Waals surface area contributed by atoms with Crippen molar-refractivity contribution in [1.29, 1.82) is 0 Å². The molecule has 16 heavy (non-hydrogen) atoms. The molecule has 1 N–H and O–H groups in total. The molecule has 0 aliphatic carbocycles. The van der Waals surface area contributed by atoms with E-state index >= 15 is 0 Å². The van der Waals surface area contributed by atoms with Gasteiger partial charge in [-0.25, -0.2) is 4.79 Å². The molecule has 0 amide bonds. The number of aliphatic carboxylic acids is 1. The van der Waals surface area contributed by atoms with Gasteiger partial charge in [-0.2, -0.15) is 0 Å². The first-order valence-corrected chi connectivity index (χ1v) is 5.27. The number of rotatable bonds is 3. The summed E-state index contributed by atoms with van der Waals surface area (Å²) in [6, 6.07) is 7.32. The SMILES string of the molecule is O=C(O)C1COC(Cc2cccc(Cl)c2)O1. The maximum Gasteiger partial charge on any atom is 0.335 e. The second-order valence-corrected chi connectivity index (χ2v) is 4.00. The summed E-state index contributed by atoms with van der Waals surface area (Å²) in [6.45, 7) is 0.0978. The molecule has 0 radical (unpaired) electrons. The average Bonchev–Trinajstić information content (AvgIpc) is 2.66. The molecular formula is C11H11ClO4. The summed E-state index contributed by atoms with van der Waals surface area (Å²) in [6.07, 6.45) is -0.853. The molecule has 0 bridgehead atoms. The number of carboxylic acids is 1. The lowest BCUT2D eigenvalue weighted by Crippen LogP contribution is -2.23. The van der Waals surface area contributed by atoms with Crippen LogP contribution in [0.4, 0.5) is 0 Å². The molecule has 86 valence electrons. The molecule has 2 unspecified atom stereocenters. The van der Waals surface area contributed by atoms with E-state index in [1.54, 1.807) is 6.07 Å². The lowest BCUT2D eigenvalue weighted by Gasteiger charge is -2.09. The van der Waals surface area contributed by atoms with Gasteiger partial charge in [-0.05, 0) is 17.7 Å². The minimum atomic E-state index is -0.992. The molecule has 5 heteroatoms. The molecule has 1 aromatic carbocycles. The summed E-state index contributed by atoms with van der Waals surface area (Å²) < 4.78 is 10.4. The number of ether oxygens (including phenoxy) is 2. The van der Waals surface area contributed by atoms with Crippen molar-refractivity contribution in [2.45, 2.75) is 18.8 Å². The van der Waals surface area contributed by atoms with E-state index in [0.29, 0.717) is 11.4 Å². The molecule has 1 aliphatic heterocycles. The van der Waals surface area contributed by atoms with Crippen molar-refractivity contribution in [2.75, 3.05) is 6.61 Å². The van der Waals surface area contributed by atoms with Crippen LogP contribution in [0.3, 0.4) is 0 Å². The Morgan fingerprint density at radius 2 is 2.38 bits per heavy atom. The van der Waals surface area contributed by atoms with Crippen LogP contribution in [0.15, 0.2) is 24.3 Å². The second-order valence-electron chi connectivity index (χ2n) is 3.56. The smallest absolute Gasteiger partial charge is 0.335 e. The standard InChI is InChI=1S/C11H11ClO4/c12-8-3-1-2-7(4-8)5-10-15-6-9(16-10)11(13)14/h1-4,9-10H,5-6H2,(H,13,14). The maximum atomic E-state index is 10.6. The van der Waals surface area contributed by atoms with Crippen molar-refractivity contribution >= 4 is 17.6 Å². The van der Waals surface area contributed by atoms with Crippen molar-refractivity contribution in [2.24, 2.45) is 0 Å².